The van der Waals surface area contributed by atoms with E-state index in [-0.39, 0.29) is 24.5 Å². The third-order valence-electron chi connectivity index (χ3n) is 4.25. The molecular formula is C23H18F3NO3. The molecule has 0 aromatic heterocycles. The van der Waals surface area contributed by atoms with Crippen LogP contribution >= 0.6 is 0 Å². The van der Waals surface area contributed by atoms with Crippen molar-refractivity contribution in [2.75, 3.05) is 5.32 Å². The Bertz CT molecular complexity index is 1020. The van der Waals surface area contributed by atoms with Gasteiger partial charge in [0.2, 0.25) is 0 Å². The molecule has 154 valence electrons. The Morgan fingerprint density at radius 1 is 0.833 bits per heavy atom. The van der Waals surface area contributed by atoms with Crippen molar-refractivity contribution in [1.82, 2.24) is 0 Å². The van der Waals surface area contributed by atoms with Gasteiger partial charge in [-0.25, -0.2) is 0 Å². The van der Waals surface area contributed by atoms with E-state index in [1.165, 1.54) is 12.1 Å². The van der Waals surface area contributed by atoms with E-state index in [9.17, 15) is 22.8 Å². The Morgan fingerprint density at radius 2 is 1.53 bits per heavy atom. The fourth-order valence-corrected chi connectivity index (χ4v) is 2.72. The highest BCUT2D eigenvalue weighted by Gasteiger charge is 2.30. The lowest BCUT2D eigenvalue weighted by atomic mass is 10.1. The van der Waals surface area contributed by atoms with Crippen molar-refractivity contribution in [3.05, 3.63) is 101 Å². The zero-order valence-corrected chi connectivity index (χ0v) is 15.8. The summed E-state index contributed by atoms with van der Waals surface area (Å²) in [6.45, 7) is -0.0433. The summed E-state index contributed by atoms with van der Waals surface area (Å²) in [5.41, 5.74) is 1.19. The number of anilines is 1. The van der Waals surface area contributed by atoms with Crippen LogP contribution in [0.5, 0.6) is 0 Å². The third kappa shape index (κ3) is 5.94. The highest BCUT2D eigenvalue weighted by Crippen LogP contribution is 2.29. The maximum Gasteiger partial charge on any atom is 0.416 e. The number of carbonyl (C=O) groups is 2. The SMILES string of the molecule is O=C(Cc1cccc(C(F)(F)F)c1)OCc1ccc(C(=O)Nc2ccccc2)cc1. The van der Waals surface area contributed by atoms with E-state index < -0.39 is 17.7 Å². The van der Waals surface area contributed by atoms with Crippen LogP contribution in [0, 0.1) is 0 Å². The average molecular weight is 413 g/mol. The van der Waals surface area contributed by atoms with Gasteiger partial charge in [-0.1, -0.05) is 48.5 Å². The second kappa shape index (κ2) is 9.26. The predicted molar refractivity (Wildman–Crippen MR) is 106 cm³/mol. The Balaban J connectivity index is 1.52. The first kappa shape index (κ1) is 21.1. The number of carbonyl (C=O) groups excluding carboxylic acids is 2. The summed E-state index contributed by atoms with van der Waals surface area (Å²) in [5.74, 6) is -0.908. The third-order valence-corrected chi connectivity index (χ3v) is 4.25. The van der Waals surface area contributed by atoms with Gasteiger partial charge in [0.1, 0.15) is 6.61 Å². The molecule has 0 aliphatic rings. The van der Waals surface area contributed by atoms with E-state index in [0.29, 0.717) is 16.8 Å². The zero-order chi connectivity index (χ0) is 21.6. The molecule has 1 amide bonds. The van der Waals surface area contributed by atoms with Crippen molar-refractivity contribution in [3.8, 4) is 0 Å². The summed E-state index contributed by atoms with van der Waals surface area (Å²) in [6.07, 6.45) is -4.73. The first-order chi connectivity index (χ1) is 14.3. The standard InChI is InChI=1S/C23H18F3NO3/c24-23(25,26)19-6-4-5-17(13-19)14-21(28)30-15-16-9-11-18(12-10-16)22(29)27-20-7-2-1-3-8-20/h1-13H,14-15H2,(H,27,29). The number of rotatable bonds is 6. The molecule has 3 aromatic carbocycles. The van der Waals surface area contributed by atoms with Gasteiger partial charge < -0.3 is 10.1 Å². The van der Waals surface area contributed by atoms with Crippen LogP contribution in [-0.2, 0) is 28.7 Å². The lowest BCUT2D eigenvalue weighted by Gasteiger charge is -2.09. The Kier molecular flexibility index (Phi) is 6.51. The van der Waals surface area contributed by atoms with Crippen molar-refractivity contribution >= 4 is 17.6 Å². The van der Waals surface area contributed by atoms with Gasteiger partial charge in [-0.15, -0.1) is 0 Å². The van der Waals surface area contributed by atoms with Gasteiger partial charge in [0.05, 0.1) is 12.0 Å². The quantitative estimate of drug-likeness (QED) is 0.562. The van der Waals surface area contributed by atoms with Crippen LogP contribution in [0.15, 0.2) is 78.9 Å². The molecular weight excluding hydrogens is 395 g/mol. The van der Waals surface area contributed by atoms with E-state index in [2.05, 4.69) is 5.32 Å². The highest BCUT2D eigenvalue weighted by molar-refractivity contribution is 6.04. The van der Waals surface area contributed by atoms with Gasteiger partial charge in [-0.05, 0) is 41.5 Å². The Hall–Kier alpha value is -3.61. The zero-order valence-electron chi connectivity index (χ0n) is 15.8. The summed E-state index contributed by atoms with van der Waals surface area (Å²) < 4.78 is 43.4. The van der Waals surface area contributed by atoms with E-state index >= 15 is 0 Å². The molecule has 0 atom stereocenters. The number of alkyl halides is 3. The molecule has 0 heterocycles. The molecule has 30 heavy (non-hydrogen) atoms. The number of hydrogen-bond donors (Lipinski definition) is 1. The monoisotopic (exact) mass is 413 g/mol. The van der Waals surface area contributed by atoms with Crippen LogP contribution in [0.25, 0.3) is 0 Å². The van der Waals surface area contributed by atoms with Gasteiger partial charge in [0.15, 0.2) is 0 Å². The second-order valence-corrected chi connectivity index (χ2v) is 6.55. The van der Waals surface area contributed by atoms with Gasteiger partial charge in [0.25, 0.3) is 5.91 Å². The van der Waals surface area contributed by atoms with Crippen LogP contribution in [0.1, 0.15) is 27.0 Å². The largest absolute Gasteiger partial charge is 0.461 e. The van der Waals surface area contributed by atoms with Crippen LogP contribution in [0.2, 0.25) is 0 Å². The maximum atomic E-state index is 12.7. The molecule has 7 heteroatoms. The molecule has 1 N–H and O–H groups in total. The normalized spacial score (nSPS) is 11.0. The number of halogens is 3. The van der Waals surface area contributed by atoms with Crippen molar-refractivity contribution < 1.29 is 27.5 Å². The van der Waals surface area contributed by atoms with Gasteiger partial charge in [0, 0.05) is 11.3 Å². The van der Waals surface area contributed by atoms with Crippen molar-refractivity contribution in [2.24, 2.45) is 0 Å². The molecule has 0 saturated heterocycles. The fraction of sp³-hybridized carbons (Fsp3) is 0.130. The van der Waals surface area contributed by atoms with Crippen LogP contribution in [0.4, 0.5) is 18.9 Å². The molecule has 0 spiro atoms. The number of para-hydroxylation sites is 1. The molecule has 0 bridgehead atoms. The van der Waals surface area contributed by atoms with Crippen LogP contribution in [-0.4, -0.2) is 11.9 Å². The number of benzene rings is 3. The highest BCUT2D eigenvalue weighted by atomic mass is 19.4. The van der Waals surface area contributed by atoms with Crippen molar-refractivity contribution in [1.29, 1.82) is 0 Å². The number of ether oxygens (including phenoxy) is 1. The molecule has 0 fully saturated rings. The van der Waals surface area contributed by atoms with Gasteiger partial charge in [-0.2, -0.15) is 13.2 Å². The summed E-state index contributed by atoms with van der Waals surface area (Å²) in [5, 5.41) is 2.77. The predicted octanol–water partition coefficient (Wildman–Crippen LogP) is 5.24. The number of amides is 1. The number of hydrogen-bond acceptors (Lipinski definition) is 3. The number of nitrogens with one attached hydrogen (secondary N) is 1. The van der Waals surface area contributed by atoms with Crippen molar-refractivity contribution in [3.63, 3.8) is 0 Å². The minimum absolute atomic E-state index is 0.0433. The van der Waals surface area contributed by atoms with Gasteiger partial charge >= 0.3 is 12.1 Å². The smallest absolute Gasteiger partial charge is 0.416 e. The number of esters is 1. The van der Waals surface area contributed by atoms with E-state index in [1.54, 1.807) is 36.4 Å². The minimum Gasteiger partial charge on any atom is -0.461 e. The molecule has 0 unspecified atom stereocenters. The van der Waals surface area contributed by atoms with Gasteiger partial charge in [-0.3, -0.25) is 9.59 Å². The first-order valence-electron chi connectivity index (χ1n) is 9.08. The Labute approximate surface area is 171 Å². The van der Waals surface area contributed by atoms with Crippen LogP contribution < -0.4 is 5.32 Å². The molecule has 3 aromatic rings. The van der Waals surface area contributed by atoms with Crippen molar-refractivity contribution in [2.45, 2.75) is 19.2 Å². The van der Waals surface area contributed by atoms with E-state index in [0.717, 1.165) is 12.1 Å². The van der Waals surface area contributed by atoms with E-state index in [1.807, 2.05) is 18.2 Å². The summed E-state index contributed by atoms with van der Waals surface area (Å²) in [7, 11) is 0. The maximum absolute atomic E-state index is 12.7. The fourth-order valence-electron chi connectivity index (χ4n) is 2.72. The molecule has 0 aliphatic heterocycles. The molecule has 4 nitrogen and oxygen atoms in total. The molecule has 0 aliphatic carbocycles. The lowest BCUT2D eigenvalue weighted by Crippen LogP contribution is -2.12. The topological polar surface area (TPSA) is 55.4 Å². The summed E-state index contributed by atoms with van der Waals surface area (Å²) in [6, 6.07) is 20.1. The molecule has 3 rings (SSSR count). The molecule has 0 radical (unpaired) electrons. The molecule has 0 saturated carbocycles. The van der Waals surface area contributed by atoms with E-state index in [4.69, 9.17) is 4.74 Å². The van der Waals surface area contributed by atoms with Crippen LogP contribution in [0.3, 0.4) is 0 Å². The minimum atomic E-state index is -4.46. The summed E-state index contributed by atoms with van der Waals surface area (Å²) >= 11 is 0. The second-order valence-electron chi connectivity index (χ2n) is 6.55. The average Bonchev–Trinajstić information content (AvgIpc) is 2.73. The first-order valence-corrected chi connectivity index (χ1v) is 9.08. The Morgan fingerprint density at radius 3 is 2.20 bits per heavy atom. The summed E-state index contributed by atoms with van der Waals surface area (Å²) in [4.78, 5) is 24.2. The lowest BCUT2D eigenvalue weighted by molar-refractivity contribution is -0.144.